The molecule has 0 saturated heterocycles. The van der Waals surface area contributed by atoms with Gasteiger partial charge in [-0.1, -0.05) is 12.1 Å². The molecule has 1 aromatic carbocycles. The van der Waals surface area contributed by atoms with Gasteiger partial charge in [-0.2, -0.15) is 0 Å². The molecule has 2 aliphatic rings. The summed E-state index contributed by atoms with van der Waals surface area (Å²) in [4.78, 5) is 6.14. The zero-order valence-corrected chi connectivity index (χ0v) is 17.7. The van der Waals surface area contributed by atoms with Gasteiger partial charge in [0.2, 0.25) is 10.0 Å². The molecule has 6 nitrogen and oxygen atoms in total. The predicted molar refractivity (Wildman–Crippen MR) is 114 cm³/mol. The van der Waals surface area contributed by atoms with Crippen LogP contribution in [0.3, 0.4) is 0 Å². The number of thiazole rings is 1. The largest absolute Gasteiger partial charge is 0.493 e. The quantitative estimate of drug-likeness (QED) is 0.746. The maximum absolute atomic E-state index is 11.2. The summed E-state index contributed by atoms with van der Waals surface area (Å²) in [7, 11) is -3.09. The van der Waals surface area contributed by atoms with Crippen molar-refractivity contribution in [1.82, 2.24) is 9.71 Å². The smallest absolute Gasteiger partial charge is 0.208 e. The van der Waals surface area contributed by atoms with E-state index in [9.17, 15) is 8.42 Å². The van der Waals surface area contributed by atoms with Gasteiger partial charge >= 0.3 is 0 Å². The zero-order chi connectivity index (χ0) is 19.6. The van der Waals surface area contributed by atoms with E-state index in [2.05, 4.69) is 16.1 Å². The third-order valence-electron chi connectivity index (χ3n) is 5.57. The number of rotatable bonds is 6. The van der Waals surface area contributed by atoms with E-state index in [4.69, 9.17) is 9.72 Å². The van der Waals surface area contributed by atoms with Gasteiger partial charge < -0.3 is 10.1 Å². The first-order valence-corrected chi connectivity index (χ1v) is 12.6. The highest BCUT2D eigenvalue weighted by molar-refractivity contribution is 7.88. The molecule has 152 valence electrons. The minimum atomic E-state index is -3.09. The monoisotopic (exact) mass is 421 g/mol. The molecule has 28 heavy (non-hydrogen) atoms. The van der Waals surface area contributed by atoms with Crippen LogP contribution < -0.4 is 14.8 Å². The summed E-state index contributed by atoms with van der Waals surface area (Å²) in [5, 5.41) is 4.54. The number of nitrogens with zero attached hydrogens (tertiary/aromatic N) is 1. The fourth-order valence-electron chi connectivity index (χ4n) is 3.99. The van der Waals surface area contributed by atoms with Gasteiger partial charge in [0.25, 0.3) is 0 Å². The second-order valence-corrected chi connectivity index (χ2v) is 10.7. The average Bonchev–Trinajstić information content (AvgIpc) is 3.00. The molecule has 1 fully saturated rings. The fourth-order valence-corrected chi connectivity index (χ4v) is 5.49. The Morgan fingerprint density at radius 2 is 1.86 bits per heavy atom. The first-order chi connectivity index (χ1) is 13.5. The summed E-state index contributed by atoms with van der Waals surface area (Å²) < 4.78 is 31.0. The van der Waals surface area contributed by atoms with Crippen LogP contribution in [0.25, 0.3) is 11.3 Å². The number of anilines is 1. The number of hydrogen-bond acceptors (Lipinski definition) is 6. The molecule has 8 heteroatoms. The van der Waals surface area contributed by atoms with E-state index >= 15 is 0 Å². The van der Waals surface area contributed by atoms with E-state index in [1.54, 1.807) is 11.3 Å². The number of ether oxygens (including phenoxy) is 1. The Kier molecular flexibility index (Phi) is 5.89. The summed E-state index contributed by atoms with van der Waals surface area (Å²) in [5.74, 6) is 1.99. The average molecular weight is 422 g/mol. The lowest BCUT2D eigenvalue weighted by atomic mass is 9.82. The summed E-state index contributed by atoms with van der Waals surface area (Å²) in [6, 6.07) is 8.11. The highest BCUT2D eigenvalue weighted by Gasteiger charge is 2.23. The van der Waals surface area contributed by atoms with Gasteiger partial charge in [-0.05, 0) is 49.7 Å². The summed E-state index contributed by atoms with van der Waals surface area (Å²) in [5.41, 5.74) is 2.13. The van der Waals surface area contributed by atoms with Crippen molar-refractivity contribution >= 4 is 26.5 Å². The van der Waals surface area contributed by atoms with Crippen LogP contribution in [-0.2, 0) is 16.4 Å². The minimum Gasteiger partial charge on any atom is -0.493 e. The number of para-hydroxylation sites is 1. The Hall–Kier alpha value is -1.64. The van der Waals surface area contributed by atoms with Crippen molar-refractivity contribution in [2.24, 2.45) is 11.8 Å². The van der Waals surface area contributed by atoms with Crippen molar-refractivity contribution in [2.75, 3.05) is 31.3 Å². The molecule has 0 unspecified atom stereocenters. The summed E-state index contributed by atoms with van der Waals surface area (Å²) in [6.07, 6.45) is 6.53. The Morgan fingerprint density at radius 3 is 2.61 bits per heavy atom. The first kappa shape index (κ1) is 19.7. The van der Waals surface area contributed by atoms with E-state index in [1.165, 1.54) is 11.1 Å². The molecule has 0 spiro atoms. The third-order valence-corrected chi connectivity index (χ3v) is 7.33. The van der Waals surface area contributed by atoms with Crippen molar-refractivity contribution in [1.29, 1.82) is 0 Å². The highest BCUT2D eigenvalue weighted by Crippen LogP contribution is 2.39. The SMILES string of the molecule is CS(=O)(=O)NCC1CCC(CNc2nc3c(s2)CCOc2ccccc2-3)CC1. The summed E-state index contributed by atoms with van der Waals surface area (Å²) >= 11 is 1.73. The van der Waals surface area contributed by atoms with Crippen LogP contribution in [0.15, 0.2) is 24.3 Å². The molecule has 1 saturated carbocycles. The van der Waals surface area contributed by atoms with E-state index in [0.29, 0.717) is 25.0 Å². The van der Waals surface area contributed by atoms with Crippen molar-refractivity contribution < 1.29 is 13.2 Å². The number of sulfonamides is 1. The topological polar surface area (TPSA) is 80.3 Å². The molecule has 1 aromatic heterocycles. The number of fused-ring (bicyclic) bond motifs is 3. The third kappa shape index (κ3) is 4.85. The molecule has 2 heterocycles. The van der Waals surface area contributed by atoms with Gasteiger partial charge in [-0.25, -0.2) is 18.1 Å². The number of hydrogen-bond donors (Lipinski definition) is 2. The molecule has 2 aromatic rings. The van der Waals surface area contributed by atoms with E-state index in [0.717, 1.165) is 60.8 Å². The van der Waals surface area contributed by atoms with Crippen LogP contribution in [0.2, 0.25) is 0 Å². The molecular weight excluding hydrogens is 394 g/mol. The van der Waals surface area contributed by atoms with Gasteiger partial charge in [0.1, 0.15) is 5.75 Å². The second kappa shape index (κ2) is 8.39. The summed E-state index contributed by atoms with van der Waals surface area (Å²) in [6.45, 7) is 2.19. The van der Waals surface area contributed by atoms with Crippen LogP contribution in [0.1, 0.15) is 30.6 Å². The molecule has 0 radical (unpaired) electrons. The predicted octanol–water partition coefficient (Wildman–Crippen LogP) is 3.51. The Bertz CT molecular complexity index is 919. The Labute approximate surface area is 170 Å². The standard InChI is InChI=1S/C20H27N3O3S2/c1-28(24,25)22-13-15-8-6-14(7-9-15)12-21-20-23-19-16-4-2-3-5-17(16)26-11-10-18(19)27-20/h2-5,14-15,22H,6-13H2,1H3,(H,21,23). The van der Waals surface area contributed by atoms with Crippen LogP contribution in [0.5, 0.6) is 5.75 Å². The van der Waals surface area contributed by atoms with E-state index in [1.807, 2.05) is 18.2 Å². The van der Waals surface area contributed by atoms with Crippen LogP contribution >= 0.6 is 11.3 Å². The zero-order valence-electron chi connectivity index (χ0n) is 16.1. The second-order valence-electron chi connectivity index (χ2n) is 7.77. The van der Waals surface area contributed by atoms with Gasteiger partial charge in [0.15, 0.2) is 5.13 Å². The molecular formula is C20H27N3O3S2. The minimum absolute atomic E-state index is 0.457. The van der Waals surface area contributed by atoms with Crippen molar-refractivity contribution in [3.63, 3.8) is 0 Å². The van der Waals surface area contributed by atoms with E-state index in [-0.39, 0.29) is 0 Å². The Morgan fingerprint density at radius 1 is 1.14 bits per heavy atom. The normalized spacial score (nSPS) is 21.9. The van der Waals surface area contributed by atoms with Gasteiger partial charge in [-0.3, -0.25) is 0 Å². The van der Waals surface area contributed by atoms with Gasteiger partial charge in [0, 0.05) is 30.0 Å². The maximum atomic E-state index is 11.2. The lowest BCUT2D eigenvalue weighted by molar-refractivity contribution is 0.284. The highest BCUT2D eigenvalue weighted by atomic mass is 32.2. The first-order valence-electron chi connectivity index (χ1n) is 9.88. The molecule has 2 N–H and O–H groups in total. The molecule has 1 aliphatic heterocycles. The maximum Gasteiger partial charge on any atom is 0.208 e. The van der Waals surface area contributed by atoms with Crippen LogP contribution in [0.4, 0.5) is 5.13 Å². The molecule has 0 atom stereocenters. The van der Waals surface area contributed by atoms with Crippen LogP contribution in [-0.4, -0.2) is 39.4 Å². The van der Waals surface area contributed by atoms with E-state index < -0.39 is 10.0 Å². The Balaban J connectivity index is 1.32. The molecule has 0 amide bonds. The van der Waals surface area contributed by atoms with Crippen LogP contribution in [0, 0.1) is 11.8 Å². The fraction of sp³-hybridized carbons (Fsp3) is 0.550. The molecule has 0 bridgehead atoms. The van der Waals surface area contributed by atoms with Crippen molar-refractivity contribution in [3.8, 4) is 17.0 Å². The molecule has 1 aliphatic carbocycles. The van der Waals surface area contributed by atoms with Crippen molar-refractivity contribution in [2.45, 2.75) is 32.1 Å². The van der Waals surface area contributed by atoms with Gasteiger partial charge in [0.05, 0.1) is 18.6 Å². The molecule has 4 rings (SSSR count). The van der Waals surface area contributed by atoms with Crippen molar-refractivity contribution in [3.05, 3.63) is 29.1 Å². The number of nitrogens with one attached hydrogen (secondary N) is 2. The lowest BCUT2D eigenvalue weighted by Gasteiger charge is -2.28. The number of aromatic nitrogens is 1. The lowest BCUT2D eigenvalue weighted by Crippen LogP contribution is -2.31. The number of benzene rings is 1. The van der Waals surface area contributed by atoms with Gasteiger partial charge in [-0.15, -0.1) is 11.3 Å².